The Kier molecular flexibility index (Phi) is 3.63. The standard InChI is InChI=1S/C11H8FN3OS2/c12-6-1-2-8(7(3-6)10(13)17)15-11(16)9-4-18-5-14-9/h1-5H,(H2,13,17)(H,15,16). The summed E-state index contributed by atoms with van der Waals surface area (Å²) < 4.78 is 13.1. The van der Waals surface area contributed by atoms with Gasteiger partial charge in [0.15, 0.2) is 0 Å². The Labute approximate surface area is 112 Å². The van der Waals surface area contributed by atoms with Crippen LogP contribution in [0, 0.1) is 5.82 Å². The summed E-state index contributed by atoms with van der Waals surface area (Å²) in [4.78, 5) is 15.7. The van der Waals surface area contributed by atoms with Crippen LogP contribution in [-0.4, -0.2) is 15.9 Å². The minimum Gasteiger partial charge on any atom is -0.389 e. The zero-order valence-corrected chi connectivity index (χ0v) is 10.6. The quantitative estimate of drug-likeness (QED) is 0.846. The SMILES string of the molecule is NC(=S)c1cc(F)ccc1NC(=O)c1cscn1. The van der Waals surface area contributed by atoms with Gasteiger partial charge < -0.3 is 11.1 Å². The first-order chi connectivity index (χ1) is 8.58. The molecule has 18 heavy (non-hydrogen) atoms. The highest BCUT2D eigenvalue weighted by Crippen LogP contribution is 2.18. The first-order valence-electron chi connectivity index (χ1n) is 4.87. The third-order valence-corrected chi connectivity index (χ3v) is 2.97. The number of amides is 1. The van der Waals surface area contributed by atoms with E-state index in [1.54, 1.807) is 10.9 Å². The van der Waals surface area contributed by atoms with Crippen LogP contribution in [0.15, 0.2) is 29.1 Å². The maximum Gasteiger partial charge on any atom is 0.275 e. The second kappa shape index (κ2) is 5.19. The fourth-order valence-corrected chi connectivity index (χ4v) is 2.04. The predicted octanol–water partition coefficient (Wildman–Crippen LogP) is 2.17. The maximum atomic E-state index is 13.1. The Morgan fingerprint density at radius 1 is 1.50 bits per heavy atom. The molecule has 0 atom stereocenters. The van der Waals surface area contributed by atoms with Crippen molar-refractivity contribution in [3.05, 3.63) is 46.2 Å². The van der Waals surface area contributed by atoms with Gasteiger partial charge in [0.05, 0.1) is 11.2 Å². The largest absolute Gasteiger partial charge is 0.389 e. The fourth-order valence-electron chi connectivity index (χ4n) is 1.34. The molecule has 0 saturated carbocycles. The Morgan fingerprint density at radius 2 is 2.28 bits per heavy atom. The van der Waals surface area contributed by atoms with Crippen LogP contribution in [0.4, 0.5) is 10.1 Å². The van der Waals surface area contributed by atoms with Crippen molar-refractivity contribution in [1.82, 2.24) is 4.98 Å². The zero-order valence-electron chi connectivity index (χ0n) is 9.01. The van der Waals surface area contributed by atoms with Gasteiger partial charge in [-0.1, -0.05) is 12.2 Å². The molecule has 0 unspecified atom stereocenters. The van der Waals surface area contributed by atoms with Gasteiger partial charge in [0, 0.05) is 10.9 Å². The molecule has 2 rings (SSSR count). The summed E-state index contributed by atoms with van der Waals surface area (Å²) in [6.45, 7) is 0. The van der Waals surface area contributed by atoms with Crippen molar-refractivity contribution in [2.24, 2.45) is 5.73 Å². The summed E-state index contributed by atoms with van der Waals surface area (Å²) in [7, 11) is 0. The summed E-state index contributed by atoms with van der Waals surface area (Å²) in [5, 5.41) is 4.20. The minimum atomic E-state index is -0.468. The molecule has 0 saturated heterocycles. The van der Waals surface area contributed by atoms with Crippen LogP contribution < -0.4 is 11.1 Å². The van der Waals surface area contributed by atoms with Crippen LogP contribution in [0.1, 0.15) is 16.1 Å². The van der Waals surface area contributed by atoms with Gasteiger partial charge in [-0.25, -0.2) is 9.37 Å². The Bertz CT molecular complexity index is 598. The molecule has 0 spiro atoms. The van der Waals surface area contributed by atoms with Crippen LogP contribution >= 0.6 is 23.6 Å². The van der Waals surface area contributed by atoms with Gasteiger partial charge >= 0.3 is 0 Å². The van der Waals surface area contributed by atoms with E-state index in [4.69, 9.17) is 18.0 Å². The Hall–Kier alpha value is -1.86. The van der Waals surface area contributed by atoms with E-state index in [1.807, 2.05) is 0 Å². The first kappa shape index (κ1) is 12.6. The van der Waals surface area contributed by atoms with Gasteiger partial charge in [0.2, 0.25) is 0 Å². The van der Waals surface area contributed by atoms with Crippen molar-refractivity contribution < 1.29 is 9.18 Å². The number of aromatic nitrogens is 1. The minimum absolute atomic E-state index is 0.0167. The van der Waals surface area contributed by atoms with Gasteiger partial charge in [0.1, 0.15) is 16.5 Å². The number of hydrogen-bond acceptors (Lipinski definition) is 4. The number of thiazole rings is 1. The Balaban J connectivity index is 2.29. The topological polar surface area (TPSA) is 68.0 Å². The number of carbonyl (C=O) groups is 1. The molecule has 0 aliphatic heterocycles. The van der Waals surface area contributed by atoms with Crippen LogP contribution in [0.25, 0.3) is 0 Å². The van der Waals surface area contributed by atoms with Gasteiger partial charge in [-0.2, -0.15) is 0 Å². The molecule has 0 aliphatic carbocycles. The average Bonchev–Trinajstić information content (AvgIpc) is 2.84. The summed E-state index contributed by atoms with van der Waals surface area (Å²) in [6, 6.07) is 3.81. The molecular weight excluding hydrogens is 273 g/mol. The molecule has 1 aromatic heterocycles. The van der Waals surface area contributed by atoms with E-state index in [-0.39, 0.29) is 16.5 Å². The van der Waals surface area contributed by atoms with Crippen LogP contribution in [0.5, 0.6) is 0 Å². The van der Waals surface area contributed by atoms with Crippen LogP contribution in [0.2, 0.25) is 0 Å². The summed E-state index contributed by atoms with van der Waals surface area (Å²) in [6.07, 6.45) is 0. The lowest BCUT2D eigenvalue weighted by Gasteiger charge is -2.09. The van der Waals surface area contributed by atoms with Gasteiger partial charge in [-0.15, -0.1) is 11.3 Å². The molecule has 1 heterocycles. The summed E-state index contributed by atoms with van der Waals surface area (Å²) >= 11 is 6.12. The fraction of sp³-hybridized carbons (Fsp3) is 0. The molecule has 2 aromatic rings. The molecule has 1 aromatic carbocycles. The van der Waals surface area contributed by atoms with Crippen molar-refractivity contribution in [2.45, 2.75) is 0 Å². The van der Waals surface area contributed by atoms with E-state index < -0.39 is 5.82 Å². The highest BCUT2D eigenvalue weighted by Gasteiger charge is 2.12. The van der Waals surface area contributed by atoms with E-state index in [2.05, 4.69) is 10.3 Å². The third-order valence-electron chi connectivity index (χ3n) is 2.16. The monoisotopic (exact) mass is 281 g/mol. The molecular formula is C11H8FN3OS2. The second-order valence-electron chi connectivity index (χ2n) is 3.38. The van der Waals surface area contributed by atoms with E-state index in [0.29, 0.717) is 11.4 Å². The number of nitrogens with zero attached hydrogens (tertiary/aromatic N) is 1. The Morgan fingerprint density at radius 3 is 2.89 bits per heavy atom. The van der Waals surface area contributed by atoms with Crippen molar-refractivity contribution in [1.29, 1.82) is 0 Å². The van der Waals surface area contributed by atoms with Crippen molar-refractivity contribution in [3.8, 4) is 0 Å². The predicted molar refractivity (Wildman–Crippen MR) is 72.4 cm³/mol. The van der Waals surface area contributed by atoms with Crippen LogP contribution in [0.3, 0.4) is 0 Å². The molecule has 92 valence electrons. The third kappa shape index (κ3) is 2.69. The van der Waals surface area contributed by atoms with Gasteiger partial charge in [-0.05, 0) is 18.2 Å². The average molecular weight is 281 g/mol. The number of benzene rings is 1. The van der Waals surface area contributed by atoms with Crippen molar-refractivity contribution >= 4 is 40.1 Å². The highest BCUT2D eigenvalue weighted by molar-refractivity contribution is 7.80. The van der Waals surface area contributed by atoms with Gasteiger partial charge in [0.25, 0.3) is 5.91 Å². The number of thiocarbonyl (C=S) groups is 1. The lowest BCUT2D eigenvalue weighted by Crippen LogP contribution is -2.18. The molecule has 7 heteroatoms. The summed E-state index contributed by atoms with van der Waals surface area (Å²) in [5.74, 6) is -0.857. The highest BCUT2D eigenvalue weighted by atomic mass is 32.1. The molecule has 3 N–H and O–H groups in total. The number of nitrogens with one attached hydrogen (secondary N) is 1. The molecule has 4 nitrogen and oxygen atoms in total. The number of rotatable bonds is 3. The molecule has 0 aliphatic rings. The van der Waals surface area contributed by atoms with Gasteiger partial charge in [-0.3, -0.25) is 4.79 Å². The lowest BCUT2D eigenvalue weighted by molar-refractivity contribution is 0.102. The number of anilines is 1. The molecule has 1 amide bonds. The van der Waals surface area contributed by atoms with E-state index >= 15 is 0 Å². The van der Waals surface area contributed by atoms with Crippen LogP contribution in [-0.2, 0) is 0 Å². The van der Waals surface area contributed by atoms with E-state index in [0.717, 1.165) is 0 Å². The van der Waals surface area contributed by atoms with Crippen molar-refractivity contribution in [3.63, 3.8) is 0 Å². The second-order valence-corrected chi connectivity index (χ2v) is 4.54. The number of nitrogens with two attached hydrogens (primary N) is 1. The number of halogens is 1. The summed E-state index contributed by atoms with van der Waals surface area (Å²) in [5.41, 5.74) is 7.97. The zero-order chi connectivity index (χ0) is 13.1. The number of carbonyl (C=O) groups excluding carboxylic acids is 1. The molecule has 0 bridgehead atoms. The van der Waals surface area contributed by atoms with Crippen molar-refractivity contribution in [2.75, 3.05) is 5.32 Å². The molecule has 0 fully saturated rings. The normalized spacial score (nSPS) is 10.1. The first-order valence-corrected chi connectivity index (χ1v) is 6.22. The molecule has 0 radical (unpaired) electrons. The van der Waals surface area contributed by atoms with E-state index in [9.17, 15) is 9.18 Å². The lowest BCUT2D eigenvalue weighted by atomic mass is 10.1. The number of hydrogen-bond donors (Lipinski definition) is 2. The van der Waals surface area contributed by atoms with E-state index in [1.165, 1.54) is 29.5 Å². The maximum absolute atomic E-state index is 13.1. The smallest absolute Gasteiger partial charge is 0.275 e.